The van der Waals surface area contributed by atoms with Gasteiger partial charge < -0.3 is 19.0 Å². The molecule has 7 nitrogen and oxygen atoms in total. The molecule has 0 saturated carbocycles. The topological polar surface area (TPSA) is 71.7 Å². The molecule has 0 N–H and O–H groups in total. The van der Waals surface area contributed by atoms with Crippen LogP contribution < -0.4 is 9.64 Å². The van der Waals surface area contributed by atoms with Gasteiger partial charge in [0.1, 0.15) is 18.2 Å². The summed E-state index contributed by atoms with van der Waals surface area (Å²) >= 11 is 0. The fraction of sp³-hybridized carbons (Fsp3) is 0.500. The first-order chi connectivity index (χ1) is 12.3. The van der Waals surface area contributed by atoms with Crippen LogP contribution >= 0.6 is 0 Å². The lowest BCUT2D eigenvalue weighted by atomic mass is 10.1. The van der Waals surface area contributed by atoms with E-state index in [2.05, 4.69) is 14.9 Å². The summed E-state index contributed by atoms with van der Waals surface area (Å²) in [6, 6.07) is 5.31. The van der Waals surface area contributed by atoms with Crippen molar-refractivity contribution in [3.05, 3.63) is 36.5 Å². The van der Waals surface area contributed by atoms with Gasteiger partial charge in [0.2, 0.25) is 5.88 Å². The number of ether oxygens (including phenoxy) is 1. The number of amides is 1. The molecule has 4 heterocycles. The Kier molecular flexibility index (Phi) is 4.54. The van der Waals surface area contributed by atoms with E-state index >= 15 is 0 Å². The van der Waals surface area contributed by atoms with E-state index in [9.17, 15) is 4.79 Å². The van der Waals surface area contributed by atoms with E-state index in [1.807, 2.05) is 6.07 Å². The van der Waals surface area contributed by atoms with E-state index in [1.165, 1.54) is 25.5 Å². The van der Waals surface area contributed by atoms with Crippen molar-refractivity contribution < 1.29 is 13.9 Å². The number of aromatic nitrogens is 2. The van der Waals surface area contributed by atoms with Crippen LogP contribution in [0, 0.1) is 0 Å². The predicted molar refractivity (Wildman–Crippen MR) is 91.7 cm³/mol. The number of rotatable bonds is 4. The molecule has 2 fully saturated rings. The fourth-order valence-corrected chi connectivity index (χ4v) is 3.43. The number of hydrogen-bond acceptors (Lipinski definition) is 6. The number of nitrogens with zero attached hydrogens (tertiary/aromatic N) is 4. The average molecular weight is 342 g/mol. The van der Waals surface area contributed by atoms with Crippen LogP contribution in [0.2, 0.25) is 0 Å². The van der Waals surface area contributed by atoms with Crippen molar-refractivity contribution >= 4 is 11.7 Å². The lowest BCUT2D eigenvalue weighted by molar-refractivity contribution is 0.0740. The Hall–Kier alpha value is -2.57. The van der Waals surface area contributed by atoms with Crippen LogP contribution in [0.25, 0.3) is 0 Å². The highest BCUT2D eigenvalue weighted by Gasteiger charge is 2.29. The molecule has 132 valence electrons. The molecule has 25 heavy (non-hydrogen) atoms. The second kappa shape index (κ2) is 7.13. The predicted octanol–water partition coefficient (Wildman–Crippen LogP) is 2.35. The number of likely N-dealkylation sites (tertiary alicyclic amines) is 1. The van der Waals surface area contributed by atoms with Gasteiger partial charge in [-0.1, -0.05) is 0 Å². The van der Waals surface area contributed by atoms with Gasteiger partial charge in [0.05, 0.1) is 12.8 Å². The van der Waals surface area contributed by atoms with Crippen molar-refractivity contribution in [1.82, 2.24) is 14.9 Å². The normalized spacial score (nSPS) is 20.7. The molecule has 1 atom stereocenters. The molecule has 2 aliphatic rings. The van der Waals surface area contributed by atoms with E-state index in [1.54, 1.807) is 23.4 Å². The van der Waals surface area contributed by atoms with Gasteiger partial charge in [0, 0.05) is 32.1 Å². The van der Waals surface area contributed by atoms with Gasteiger partial charge >= 0.3 is 0 Å². The number of piperidine rings is 1. The van der Waals surface area contributed by atoms with Crippen molar-refractivity contribution in [3.63, 3.8) is 0 Å². The molecule has 0 bridgehead atoms. The lowest BCUT2D eigenvalue weighted by Gasteiger charge is -2.27. The summed E-state index contributed by atoms with van der Waals surface area (Å²) in [4.78, 5) is 25.0. The molecule has 2 aliphatic heterocycles. The zero-order valence-electron chi connectivity index (χ0n) is 14.1. The summed E-state index contributed by atoms with van der Waals surface area (Å²) in [5.74, 6) is 1.78. The van der Waals surface area contributed by atoms with Crippen LogP contribution in [0.1, 0.15) is 36.2 Å². The van der Waals surface area contributed by atoms with Crippen LogP contribution in [0.4, 0.5) is 5.82 Å². The molecule has 0 unspecified atom stereocenters. The first-order valence-corrected chi connectivity index (χ1v) is 8.86. The molecule has 0 radical (unpaired) electrons. The maximum atomic E-state index is 12.3. The Morgan fingerprint density at radius 2 is 2.08 bits per heavy atom. The van der Waals surface area contributed by atoms with Crippen LogP contribution in [0.5, 0.6) is 5.88 Å². The third-order valence-corrected chi connectivity index (χ3v) is 4.76. The Bertz CT molecular complexity index is 713. The van der Waals surface area contributed by atoms with E-state index in [0.29, 0.717) is 24.7 Å². The molecular formula is C18H22N4O3. The largest absolute Gasteiger partial charge is 0.472 e. The molecule has 0 aliphatic carbocycles. The number of hydrogen-bond donors (Lipinski definition) is 0. The molecule has 2 saturated heterocycles. The highest BCUT2D eigenvalue weighted by atomic mass is 16.5. The molecule has 0 spiro atoms. The van der Waals surface area contributed by atoms with Crippen molar-refractivity contribution in [2.45, 2.75) is 31.8 Å². The standard InChI is InChI=1S/C18H22N4O3/c23-18(15-5-4-10-24-15)22-9-6-14(12-22)25-17-11-16(19-13-20-17)21-7-2-1-3-8-21/h4-5,10-11,13-14H,1-3,6-9,12H2/t14-/m1/s1. The van der Waals surface area contributed by atoms with Crippen LogP contribution in [0.3, 0.4) is 0 Å². The summed E-state index contributed by atoms with van der Waals surface area (Å²) in [6.07, 6.45) is 7.49. The maximum absolute atomic E-state index is 12.3. The van der Waals surface area contributed by atoms with E-state index < -0.39 is 0 Å². The number of anilines is 1. The Morgan fingerprint density at radius 3 is 2.88 bits per heavy atom. The molecule has 7 heteroatoms. The van der Waals surface area contributed by atoms with Crippen molar-refractivity contribution in [2.24, 2.45) is 0 Å². The highest BCUT2D eigenvalue weighted by molar-refractivity contribution is 5.91. The monoisotopic (exact) mass is 342 g/mol. The summed E-state index contributed by atoms with van der Waals surface area (Å²) in [5, 5.41) is 0. The minimum Gasteiger partial charge on any atom is -0.472 e. The van der Waals surface area contributed by atoms with Gasteiger partial charge in [-0.3, -0.25) is 4.79 Å². The quantitative estimate of drug-likeness (QED) is 0.849. The summed E-state index contributed by atoms with van der Waals surface area (Å²) < 4.78 is 11.2. The van der Waals surface area contributed by atoms with Crippen molar-refractivity contribution in [3.8, 4) is 5.88 Å². The summed E-state index contributed by atoms with van der Waals surface area (Å²) in [5.41, 5.74) is 0. The zero-order chi connectivity index (χ0) is 17.1. The third-order valence-electron chi connectivity index (χ3n) is 4.76. The molecular weight excluding hydrogens is 320 g/mol. The van der Waals surface area contributed by atoms with Crippen molar-refractivity contribution in [1.29, 1.82) is 0 Å². The number of carbonyl (C=O) groups is 1. The van der Waals surface area contributed by atoms with Crippen LogP contribution in [0.15, 0.2) is 35.2 Å². The summed E-state index contributed by atoms with van der Waals surface area (Å²) in [6.45, 7) is 3.27. The van der Waals surface area contributed by atoms with Crippen LogP contribution in [-0.4, -0.2) is 53.1 Å². The van der Waals surface area contributed by atoms with Gasteiger partial charge in [-0.2, -0.15) is 0 Å². The molecule has 2 aromatic rings. The second-order valence-electron chi connectivity index (χ2n) is 6.52. The Morgan fingerprint density at radius 1 is 1.20 bits per heavy atom. The van der Waals surface area contributed by atoms with E-state index in [0.717, 1.165) is 25.3 Å². The lowest BCUT2D eigenvalue weighted by Crippen LogP contribution is -2.31. The molecule has 4 rings (SSSR count). The fourth-order valence-electron chi connectivity index (χ4n) is 3.43. The minimum absolute atomic E-state index is 0.0528. The van der Waals surface area contributed by atoms with Gasteiger partial charge in [0.25, 0.3) is 5.91 Å². The SMILES string of the molecule is O=C(c1ccco1)N1CC[C@@H](Oc2cc(N3CCCCC3)ncn2)C1. The number of carbonyl (C=O) groups excluding carboxylic acids is 1. The first-order valence-electron chi connectivity index (χ1n) is 8.86. The molecule has 0 aromatic carbocycles. The maximum Gasteiger partial charge on any atom is 0.289 e. The minimum atomic E-state index is -0.0900. The van der Waals surface area contributed by atoms with Gasteiger partial charge in [-0.05, 0) is 31.4 Å². The van der Waals surface area contributed by atoms with E-state index in [-0.39, 0.29) is 12.0 Å². The number of furan rings is 1. The van der Waals surface area contributed by atoms with Crippen molar-refractivity contribution in [2.75, 3.05) is 31.1 Å². The van der Waals surface area contributed by atoms with Gasteiger partial charge in [-0.25, -0.2) is 9.97 Å². The summed E-state index contributed by atoms with van der Waals surface area (Å²) in [7, 11) is 0. The van der Waals surface area contributed by atoms with Crippen LogP contribution in [-0.2, 0) is 0 Å². The highest BCUT2D eigenvalue weighted by Crippen LogP contribution is 2.23. The van der Waals surface area contributed by atoms with E-state index in [4.69, 9.17) is 9.15 Å². The second-order valence-corrected chi connectivity index (χ2v) is 6.52. The molecule has 1 amide bonds. The van der Waals surface area contributed by atoms with Gasteiger partial charge in [-0.15, -0.1) is 0 Å². The first kappa shape index (κ1) is 15.9. The Balaban J connectivity index is 1.37. The third kappa shape index (κ3) is 3.60. The average Bonchev–Trinajstić information content (AvgIpc) is 3.34. The zero-order valence-corrected chi connectivity index (χ0v) is 14.1. The smallest absolute Gasteiger partial charge is 0.289 e. The molecule has 2 aromatic heterocycles. The van der Waals surface area contributed by atoms with Gasteiger partial charge in [0.15, 0.2) is 5.76 Å². The Labute approximate surface area is 146 Å².